The zero-order valence-electron chi connectivity index (χ0n) is 10.8. The molecule has 1 atom stereocenters. The Balaban J connectivity index is 2.00. The van der Waals surface area contributed by atoms with E-state index in [1.54, 1.807) is 0 Å². The molecule has 2 rings (SSSR count). The van der Waals surface area contributed by atoms with Gasteiger partial charge in [-0.3, -0.25) is 0 Å². The summed E-state index contributed by atoms with van der Waals surface area (Å²) < 4.78 is 6.25. The number of rotatable bonds is 4. The fourth-order valence-electron chi connectivity index (χ4n) is 1.88. The molecule has 3 nitrogen and oxygen atoms in total. The van der Waals surface area contributed by atoms with Crippen LogP contribution in [0.15, 0.2) is 33.3 Å². The second-order valence-electron chi connectivity index (χ2n) is 4.46. The summed E-state index contributed by atoms with van der Waals surface area (Å²) in [5.41, 5.74) is 3.38. The van der Waals surface area contributed by atoms with Gasteiger partial charge < -0.3 is 9.84 Å². The Morgan fingerprint density at radius 3 is 2.50 bits per heavy atom. The van der Waals surface area contributed by atoms with Crippen molar-refractivity contribution in [2.75, 3.05) is 0 Å². The lowest BCUT2D eigenvalue weighted by molar-refractivity contribution is 0.391. The van der Waals surface area contributed by atoms with Gasteiger partial charge in [0.05, 0.1) is 5.69 Å². The average Bonchev–Trinajstić information content (AvgIpc) is 2.67. The Hall–Kier alpha value is -1.13. The molecule has 0 bridgehead atoms. The first kappa shape index (κ1) is 13.3. The van der Waals surface area contributed by atoms with Crippen LogP contribution in [0.4, 0.5) is 0 Å². The van der Waals surface area contributed by atoms with Gasteiger partial charge in [-0.05, 0) is 38.5 Å². The number of halogens is 1. The van der Waals surface area contributed by atoms with Crippen molar-refractivity contribution in [2.45, 2.75) is 33.4 Å². The topological polar surface area (TPSA) is 38.1 Å². The van der Waals surface area contributed by atoms with Crippen LogP contribution in [-0.2, 0) is 6.54 Å². The molecular formula is C14H17BrN2O. The Morgan fingerprint density at radius 1 is 1.28 bits per heavy atom. The number of benzene rings is 1. The second kappa shape index (κ2) is 5.67. The summed E-state index contributed by atoms with van der Waals surface area (Å²) in [5, 5.41) is 7.44. The van der Waals surface area contributed by atoms with E-state index in [1.807, 2.05) is 13.8 Å². The number of hydrogen-bond donors (Lipinski definition) is 1. The molecule has 1 heterocycles. The van der Waals surface area contributed by atoms with E-state index in [9.17, 15) is 0 Å². The number of hydrogen-bond acceptors (Lipinski definition) is 3. The molecule has 4 heteroatoms. The van der Waals surface area contributed by atoms with Crippen molar-refractivity contribution in [3.05, 3.63) is 51.3 Å². The molecule has 0 saturated carbocycles. The molecule has 0 fully saturated rings. The summed E-state index contributed by atoms with van der Waals surface area (Å²) >= 11 is 3.44. The lowest BCUT2D eigenvalue weighted by Crippen LogP contribution is -2.18. The maximum Gasteiger partial charge on any atom is 0.138 e. The smallest absolute Gasteiger partial charge is 0.138 e. The van der Waals surface area contributed by atoms with Crippen molar-refractivity contribution < 1.29 is 4.52 Å². The van der Waals surface area contributed by atoms with Crippen LogP contribution in [0.3, 0.4) is 0 Å². The van der Waals surface area contributed by atoms with Crippen LogP contribution in [0.1, 0.15) is 35.5 Å². The van der Waals surface area contributed by atoms with Gasteiger partial charge >= 0.3 is 0 Å². The first-order valence-corrected chi connectivity index (χ1v) is 6.78. The van der Waals surface area contributed by atoms with E-state index < -0.39 is 0 Å². The molecule has 0 radical (unpaired) electrons. The highest BCUT2D eigenvalue weighted by Crippen LogP contribution is 2.18. The first-order valence-electron chi connectivity index (χ1n) is 5.98. The Kier molecular flexibility index (Phi) is 4.19. The SMILES string of the molecule is Cc1noc(C)c1CN[C@H](C)c1ccc(Br)cc1. The number of nitrogens with zero attached hydrogens (tertiary/aromatic N) is 1. The largest absolute Gasteiger partial charge is 0.361 e. The second-order valence-corrected chi connectivity index (χ2v) is 5.37. The Bertz CT molecular complexity index is 500. The van der Waals surface area contributed by atoms with Crippen molar-refractivity contribution in [3.63, 3.8) is 0 Å². The van der Waals surface area contributed by atoms with E-state index in [4.69, 9.17) is 4.52 Å². The highest BCUT2D eigenvalue weighted by atomic mass is 79.9. The minimum absolute atomic E-state index is 0.298. The fourth-order valence-corrected chi connectivity index (χ4v) is 2.14. The van der Waals surface area contributed by atoms with Gasteiger partial charge in [0, 0.05) is 22.6 Å². The highest BCUT2D eigenvalue weighted by molar-refractivity contribution is 9.10. The number of aryl methyl sites for hydroxylation is 2. The van der Waals surface area contributed by atoms with Crippen molar-refractivity contribution in [1.82, 2.24) is 10.5 Å². The number of nitrogens with one attached hydrogen (secondary N) is 1. The van der Waals surface area contributed by atoms with Crippen LogP contribution in [0.2, 0.25) is 0 Å². The van der Waals surface area contributed by atoms with Crippen LogP contribution >= 0.6 is 15.9 Å². The van der Waals surface area contributed by atoms with Gasteiger partial charge in [-0.25, -0.2) is 0 Å². The third-order valence-electron chi connectivity index (χ3n) is 3.14. The predicted octanol–water partition coefficient (Wildman–Crippen LogP) is 3.90. The van der Waals surface area contributed by atoms with E-state index in [-0.39, 0.29) is 0 Å². The van der Waals surface area contributed by atoms with Crippen molar-refractivity contribution >= 4 is 15.9 Å². The summed E-state index contributed by atoms with van der Waals surface area (Å²) in [5.74, 6) is 0.892. The van der Waals surface area contributed by atoms with E-state index >= 15 is 0 Å². The monoisotopic (exact) mass is 308 g/mol. The lowest BCUT2D eigenvalue weighted by atomic mass is 10.1. The van der Waals surface area contributed by atoms with Gasteiger partial charge in [-0.15, -0.1) is 0 Å². The third kappa shape index (κ3) is 3.00. The molecule has 1 aromatic carbocycles. The molecular weight excluding hydrogens is 292 g/mol. The van der Waals surface area contributed by atoms with Gasteiger partial charge in [0.25, 0.3) is 0 Å². The molecule has 0 aliphatic rings. The van der Waals surface area contributed by atoms with Gasteiger partial charge in [0.2, 0.25) is 0 Å². The van der Waals surface area contributed by atoms with Crippen LogP contribution in [0.25, 0.3) is 0 Å². The minimum atomic E-state index is 0.298. The first-order chi connectivity index (χ1) is 8.58. The quantitative estimate of drug-likeness (QED) is 0.930. The van der Waals surface area contributed by atoms with Crippen molar-refractivity contribution in [2.24, 2.45) is 0 Å². The molecule has 18 heavy (non-hydrogen) atoms. The normalized spacial score (nSPS) is 12.7. The summed E-state index contributed by atoms with van der Waals surface area (Å²) in [6, 6.07) is 8.66. The van der Waals surface area contributed by atoms with Crippen LogP contribution < -0.4 is 5.32 Å². The molecule has 0 aliphatic heterocycles. The molecule has 96 valence electrons. The maximum absolute atomic E-state index is 5.15. The molecule has 0 amide bonds. The van der Waals surface area contributed by atoms with E-state index in [0.29, 0.717) is 6.04 Å². The van der Waals surface area contributed by atoms with Gasteiger partial charge in [0.1, 0.15) is 5.76 Å². The van der Waals surface area contributed by atoms with Crippen LogP contribution in [0.5, 0.6) is 0 Å². The van der Waals surface area contributed by atoms with Gasteiger partial charge in [-0.1, -0.05) is 33.2 Å². The summed E-state index contributed by atoms with van der Waals surface area (Å²) in [7, 11) is 0. The Morgan fingerprint density at radius 2 is 1.94 bits per heavy atom. The minimum Gasteiger partial charge on any atom is -0.361 e. The van der Waals surface area contributed by atoms with Crippen LogP contribution in [-0.4, -0.2) is 5.16 Å². The summed E-state index contributed by atoms with van der Waals surface area (Å²) in [6.45, 7) is 6.85. The zero-order chi connectivity index (χ0) is 13.1. The van der Waals surface area contributed by atoms with Crippen LogP contribution in [0, 0.1) is 13.8 Å². The summed E-state index contributed by atoms with van der Waals surface area (Å²) in [4.78, 5) is 0. The average molecular weight is 309 g/mol. The predicted molar refractivity (Wildman–Crippen MR) is 75.4 cm³/mol. The van der Waals surface area contributed by atoms with Crippen molar-refractivity contribution in [3.8, 4) is 0 Å². The van der Waals surface area contributed by atoms with Gasteiger partial charge in [-0.2, -0.15) is 0 Å². The lowest BCUT2D eigenvalue weighted by Gasteiger charge is -2.14. The maximum atomic E-state index is 5.15. The third-order valence-corrected chi connectivity index (χ3v) is 3.66. The van der Waals surface area contributed by atoms with Gasteiger partial charge in [0.15, 0.2) is 0 Å². The van der Waals surface area contributed by atoms with E-state index in [1.165, 1.54) is 5.56 Å². The molecule has 2 aromatic rings. The fraction of sp³-hybridized carbons (Fsp3) is 0.357. The summed E-state index contributed by atoms with van der Waals surface area (Å²) in [6.07, 6.45) is 0. The highest BCUT2D eigenvalue weighted by Gasteiger charge is 2.11. The molecule has 1 N–H and O–H groups in total. The molecule has 0 unspecified atom stereocenters. The standard InChI is InChI=1S/C14H17BrN2O/c1-9(12-4-6-13(15)7-5-12)16-8-14-10(2)17-18-11(14)3/h4-7,9,16H,8H2,1-3H3/t9-/m1/s1. The zero-order valence-corrected chi connectivity index (χ0v) is 12.4. The Labute approximate surface area is 116 Å². The number of aromatic nitrogens is 1. The van der Waals surface area contributed by atoms with E-state index in [0.717, 1.165) is 28.0 Å². The molecule has 0 aliphatic carbocycles. The molecule has 1 aromatic heterocycles. The molecule has 0 saturated heterocycles. The van der Waals surface area contributed by atoms with Crippen molar-refractivity contribution in [1.29, 1.82) is 0 Å². The van der Waals surface area contributed by atoms with E-state index in [2.05, 4.69) is 57.6 Å². The molecule has 0 spiro atoms.